The molecule has 0 bridgehead atoms. The van der Waals surface area contributed by atoms with E-state index in [1.54, 1.807) is 7.11 Å². The van der Waals surface area contributed by atoms with Gasteiger partial charge in [-0.2, -0.15) is 0 Å². The second-order valence-corrected chi connectivity index (χ2v) is 8.37. The van der Waals surface area contributed by atoms with Crippen molar-refractivity contribution in [2.24, 2.45) is 11.3 Å². The second-order valence-electron chi connectivity index (χ2n) is 8.37. The van der Waals surface area contributed by atoms with Gasteiger partial charge >= 0.3 is 0 Å². The molecule has 4 rings (SSSR count). The zero-order valence-electron chi connectivity index (χ0n) is 16.7. The minimum absolute atomic E-state index is 0.417. The average molecular weight is 372 g/mol. The summed E-state index contributed by atoms with van der Waals surface area (Å²) < 4.78 is 10.9. The fraction of sp³-hybridized carbons (Fsp3) is 0.636. The molecule has 5 heteroatoms. The number of fused-ring (bicyclic) bond motifs is 1. The summed E-state index contributed by atoms with van der Waals surface area (Å²) in [5.74, 6) is 0.648. The van der Waals surface area contributed by atoms with Crippen molar-refractivity contribution in [3.05, 3.63) is 36.0 Å². The number of aromatic amines is 1. The number of nitrogens with one attached hydrogen (secondary N) is 1. The van der Waals surface area contributed by atoms with Crippen molar-refractivity contribution >= 4 is 10.9 Å². The van der Waals surface area contributed by atoms with Crippen LogP contribution in [0.15, 0.2) is 30.5 Å². The predicted octanol–water partition coefficient (Wildman–Crippen LogP) is 2.97. The highest BCUT2D eigenvalue weighted by Crippen LogP contribution is 2.45. The van der Waals surface area contributed by atoms with Crippen LogP contribution in [-0.2, 0) is 16.0 Å². The van der Waals surface area contributed by atoms with Crippen LogP contribution in [0, 0.1) is 11.3 Å². The second kappa shape index (κ2) is 8.31. The van der Waals surface area contributed by atoms with Crippen molar-refractivity contribution in [1.29, 1.82) is 0 Å². The van der Waals surface area contributed by atoms with Gasteiger partial charge in [0.25, 0.3) is 0 Å². The van der Waals surface area contributed by atoms with Crippen LogP contribution in [0.2, 0.25) is 0 Å². The fourth-order valence-electron chi connectivity index (χ4n) is 5.22. The van der Waals surface area contributed by atoms with Crippen molar-refractivity contribution < 1.29 is 9.47 Å². The van der Waals surface area contributed by atoms with Crippen molar-refractivity contribution in [2.75, 3.05) is 60.2 Å². The molecule has 5 nitrogen and oxygen atoms in total. The number of hydrogen-bond acceptors (Lipinski definition) is 4. The van der Waals surface area contributed by atoms with E-state index in [4.69, 9.17) is 9.47 Å². The van der Waals surface area contributed by atoms with E-state index in [9.17, 15) is 0 Å². The molecule has 1 aromatic heterocycles. The molecule has 0 aliphatic carbocycles. The monoisotopic (exact) mass is 371 g/mol. The molecule has 1 N–H and O–H groups in total. The van der Waals surface area contributed by atoms with E-state index >= 15 is 0 Å². The Morgan fingerprint density at radius 3 is 2.74 bits per heavy atom. The summed E-state index contributed by atoms with van der Waals surface area (Å²) in [6, 6.07) is 8.80. The van der Waals surface area contributed by atoms with Crippen LogP contribution in [0.4, 0.5) is 0 Å². The summed E-state index contributed by atoms with van der Waals surface area (Å²) in [4.78, 5) is 8.55. The largest absolute Gasteiger partial charge is 0.384 e. The summed E-state index contributed by atoms with van der Waals surface area (Å²) in [7, 11) is 3.64. The third-order valence-electron chi connectivity index (χ3n) is 6.79. The van der Waals surface area contributed by atoms with Gasteiger partial charge in [-0.25, -0.2) is 0 Å². The summed E-state index contributed by atoms with van der Waals surface area (Å²) >= 11 is 0. The van der Waals surface area contributed by atoms with Gasteiger partial charge in [0.1, 0.15) is 0 Å². The van der Waals surface area contributed by atoms with E-state index in [2.05, 4.69) is 39.0 Å². The van der Waals surface area contributed by atoms with Gasteiger partial charge in [-0.1, -0.05) is 12.1 Å². The zero-order chi connectivity index (χ0) is 18.7. The van der Waals surface area contributed by atoms with Crippen LogP contribution < -0.4 is 0 Å². The number of aromatic nitrogens is 1. The standard InChI is InChI=1S/C22H33N3O2/c1-26-13-12-25-15-19(16-27-2)22(17-25)7-10-24(11-8-22)14-18-4-3-5-21-20(18)6-9-23-21/h3-6,9,19,23H,7-8,10-17H2,1-2H3/t19-/m0/s1. The molecule has 2 aliphatic rings. The lowest BCUT2D eigenvalue weighted by Gasteiger charge is -2.42. The van der Waals surface area contributed by atoms with Gasteiger partial charge in [0, 0.05) is 63.4 Å². The van der Waals surface area contributed by atoms with E-state index in [-0.39, 0.29) is 0 Å². The van der Waals surface area contributed by atoms with E-state index in [1.165, 1.54) is 48.9 Å². The highest BCUT2D eigenvalue weighted by atomic mass is 16.5. The van der Waals surface area contributed by atoms with Gasteiger partial charge in [0.2, 0.25) is 0 Å². The molecule has 0 unspecified atom stereocenters. The topological polar surface area (TPSA) is 40.7 Å². The lowest BCUT2D eigenvalue weighted by molar-refractivity contribution is 0.0349. The van der Waals surface area contributed by atoms with E-state index in [1.807, 2.05) is 13.3 Å². The molecule has 27 heavy (non-hydrogen) atoms. The van der Waals surface area contributed by atoms with Crippen LogP contribution in [-0.4, -0.2) is 74.9 Å². The Balaban J connectivity index is 1.40. The van der Waals surface area contributed by atoms with Crippen LogP contribution in [0.25, 0.3) is 10.9 Å². The number of likely N-dealkylation sites (tertiary alicyclic amines) is 2. The molecule has 3 heterocycles. The molecule has 1 aromatic carbocycles. The van der Waals surface area contributed by atoms with Gasteiger partial charge in [0.05, 0.1) is 13.2 Å². The normalized spacial score (nSPS) is 23.6. The molecule has 1 atom stereocenters. The fourth-order valence-corrected chi connectivity index (χ4v) is 5.22. The van der Waals surface area contributed by atoms with Crippen molar-refractivity contribution in [3.8, 4) is 0 Å². The van der Waals surface area contributed by atoms with Crippen molar-refractivity contribution in [2.45, 2.75) is 19.4 Å². The smallest absolute Gasteiger partial charge is 0.0589 e. The van der Waals surface area contributed by atoms with Gasteiger partial charge in [-0.3, -0.25) is 4.90 Å². The first-order valence-corrected chi connectivity index (χ1v) is 10.2. The highest BCUT2D eigenvalue weighted by Gasteiger charge is 2.47. The SMILES string of the molecule is COCCN1C[C@@H](COC)C2(CCN(Cc3cccc4[nH]ccc34)CC2)C1. The highest BCUT2D eigenvalue weighted by molar-refractivity contribution is 5.82. The van der Waals surface area contributed by atoms with Crippen LogP contribution in [0.5, 0.6) is 0 Å². The van der Waals surface area contributed by atoms with E-state index in [0.29, 0.717) is 11.3 Å². The molecule has 0 radical (unpaired) electrons. The molecule has 2 fully saturated rings. The molecular weight excluding hydrogens is 338 g/mol. The summed E-state index contributed by atoms with van der Waals surface area (Å²) in [6.45, 7) is 8.50. The predicted molar refractivity (Wildman–Crippen MR) is 109 cm³/mol. The van der Waals surface area contributed by atoms with Gasteiger partial charge in [-0.05, 0) is 49.0 Å². The summed E-state index contributed by atoms with van der Waals surface area (Å²) in [5.41, 5.74) is 3.09. The lowest BCUT2D eigenvalue weighted by atomic mass is 9.71. The van der Waals surface area contributed by atoms with Crippen molar-refractivity contribution in [3.63, 3.8) is 0 Å². The number of H-pyrrole nitrogens is 1. The summed E-state index contributed by atoms with van der Waals surface area (Å²) in [5, 5.41) is 1.36. The summed E-state index contributed by atoms with van der Waals surface area (Å²) in [6.07, 6.45) is 4.59. The van der Waals surface area contributed by atoms with E-state index in [0.717, 1.165) is 32.8 Å². The third-order valence-corrected chi connectivity index (χ3v) is 6.79. The number of ether oxygens (including phenoxy) is 2. The van der Waals surface area contributed by atoms with Gasteiger partial charge in [0.15, 0.2) is 0 Å². The number of hydrogen-bond donors (Lipinski definition) is 1. The number of benzene rings is 1. The van der Waals surface area contributed by atoms with Crippen LogP contribution in [0.3, 0.4) is 0 Å². The number of rotatable bonds is 7. The Labute approximate surface area is 162 Å². The average Bonchev–Trinajstić information content (AvgIpc) is 3.29. The Kier molecular flexibility index (Phi) is 5.83. The maximum Gasteiger partial charge on any atom is 0.0589 e. The molecule has 2 saturated heterocycles. The molecular formula is C22H33N3O2. The van der Waals surface area contributed by atoms with Gasteiger partial charge < -0.3 is 19.4 Å². The Morgan fingerprint density at radius 1 is 1.11 bits per heavy atom. The quantitative estimate of drug-likeness (QED) is 0.812. The molecule has 148 valence electrons. The zero-order valence-corrected chi connectivity index (χ0v) is 16.7. The van der Waals surface area contributed by atoms with E-state index < -0.39 is 0 Å². The first-order chi connectivity index (χ1) is 13.2. The first kappa shape index (κ1) is 18.9. The number of methoxy groups -OCH3 is 2. The van der Waals surface area contributed by atoms with Crippen molar-refractivity contribution in [1.82, 2.24) is 14.8 Å². The number of piperidine rings is 1. The maximum atomic E-state index is 5.59. The Morgan fingerprint density at radius 2 is 1.96 bits per heavy atom. The lowest BCUT2D eigenvalue weighted by Crippen LogP contribution is -2.45. The minimum Gasteiger partial charge on any atom is -0.384 e. The maximum absolute atomic E-state index is 5.59. The molecule has 2 aromatic rings. The number of nitrogens with zero attached hydrogens (tertiary/aromatic N) is 2. The minimum atomic E-state index is 0.417. The molecule has 0 saturated carbocycles. The Hall–Kier alpha value is -1.40. The van der Waals surface area contributed by atoms with Gasteiger partial charge in [-0.15, -0.1) is 0 Å². The molecule has 2 aliphatic heterocycles. The molecule has 1 spiro atoms. The van der Waals surface area contributed by atoms with Crippen LogP contribution in [0.1, 0.15) is 18.4 Å². The first-order valence-electron chi connectivity index (χ1n) is 10.2. The molecule has 0 amide bonds. The van der Waals surface area contributed by atoms with Crippen LogP contribution >= 0.6 is 0 Å². The Bertz CT molecular complexity index is 736. The third kappa shape index (κ3) is 3.92.